The third kappa shape index (κ3) is 9.32. The molecule has 0 aliphatic heterocycles. The Hall–Kier alpha value is -2.52. The van der Waals surface area contributed by atoms with Gasteiger partial charge in [0.25, 0.3) is 5.19 Å². The number of rotatable bonds is 11. The molecule has 0 fully saturated rings. The van der Waals surface area contributed by atoms with Crippen molar-refractivity contribution in [2.75, 3.05) is 20.2 Å². The molecule has 9 heteroatoms. The SMILES string of the molecule is CN(C(=O)Oc1nc(CCCCCNC(=O)COCc2ccc(F)cc2)cs1)C(C)(C)C. The van der Waals surface area contributed by atoms with Crippen molar-refractivity contribution in [3.8, 4) is 5.19 Å². The highest BCUT2D eigenvalue weighted by molar-refractivity contribution is 7.11. The van der Waals surface area contributed by atoms with Crippen LogP contribution in [0.1, 0.15) is 51.3 Å². The van der Waals surface area contributed by atoms with Crippen molar-refractivity contribution in [2.45, 2.75) is 58.6 Å². The number of nitrogens with zero attached hydrogens (tertiary/aromatic N) is 2. The number of carbonyl (C=O) groups is 2. The minimum absolute atomic E-state index is 0.0257. The van der Waals surface area contributed by atoms with Crippen LogP contribution in [0.4, 0.5) is 9.18 Å². The van der Waals surface area contributed by atoms with Gasteiger partial charge in [0.1, 0.15) is 12.4 Å². The summed E-state index contributed by atoms with van der Waals surface area (Å²) < 4.78 is 23.5. The molecule has 7 nitrogen and oxygen atoms in total. The van der Waals surface area contributed by atoms with Gasteiger partial charge in [0.2, 0.25) is 5.91 Å². The summed E-state index contributed by atoms with van der Waals surface area (Å²) in [5.74, 6) is -0.465. The topological polar surface area (TPSA) is 80.8 Å². The highest BCUT2D eigenvalue weighted by Gasteiger charge is 2.24. The van der Waals surface area contributed by atoms with Crippen LogP contribution >= 0.6 is 11.3 Å². The second kappa shape index (κ2) is 12.5. The minimum Gasteiger partial charge on any atom is -0.381 e. The average molecular weight is 466 g/mol. The standard InChI is InChI=1S/C23H32FN3O4S/c1-23(2,3)27(4)22(29)31-21-26-19(16-32-21)8-6-5-7-13-25-20(28)15-30-14-17-9-11-18(24)12-10-17/h9-12,16H,5-8,13-15H2,1-4H3,(H,25,28). The first kappa shape index (κ1) is 25.7. The van der Waals surface area contributed by atoms with Crippen LogP contribution in [0, 0.1) is 5.82 Å². The molecule has 1 heterocycles. The maximum atomic E-state index is 12.8. The van der Waals surface area contributed by atoms with Crippen LogP contribution in [-0.2, 0) is 22.6 Å². The minimum atomic E-state index is -0.421. The van der Waals surface area contributed by atoms with Gasteiger partial charge in [-0.05, 0) is 57.7 Å². The maximum absolute atomic E-state index is 12.8. The molecule has 176 valence electrons. The van der Waals surface area contributed by atoms with E-state index < -0.39 is 6.09 Å². The van der Waals surface area contributed by atoms with Gasteiger partial charge in [-0.15, -0.1) is 0 Å². The Morgan fingerprint density at radius 3 is 2.56 bits per heavy atom. The van der Waals surface area contributed by atoms with Crippen LogP contribution in [-0.4, -0.2) is 47.6 Å². The number of aromatic nitrogens is 1. The van der Waals surface area contributed by atoms with E-state index >= 15 is 0 Å². The summed E-state index contributed by atoms with van der Waals surface area (Å²) in [4.78, 5) is 29.8. The summed E-state index contributed by atoms with van der Waals surface area (Å²) in [5, 5.41) is 5.08. The number of hydrogen-bond donors (Lipinski definition) is 1. The van der Waals surface area contributed by atoms with E-state index in [0.717, 1.165) is 36.9 Å². The number of benzene rings is 1. The zero-order valence-corrected chi connectivity index (χ0v) is 20.0. The van der Waals surface area contributed by atoms with Crippen molar-refractivity contribution in [1.82, 2.24) is 15.2 Å². The van der Waals surface area contributed by atoms with E-state index in [4.69, 9.17) is 9.47 Å². The molecule has 32 heavy (non-hydrogen) atoms. The zero-order valence-electron chi connectivity index (χ0n) is 19.2. The Balaban J connectivity index is 1.54. The fourth-order valence-electron chi connectivity index (χ4n) is 2.60. The molecule has 1 N–H and O–H groups in total. The molecule has 0 saturated carbocycles. The molecule has 0 saturated heterocycles. The molecule has 0 unspecified atom stereocenters. The largest absolute Gasteiger partial charge is 0.417 e. The molecule has 0 radical (unpaired) electrons. The Labute approximate surface area is 192 Å². The Kier molecular flexibility index (Phi) is 10.1. The van der Waals surface area contributed by atoms with Crippen LogP contribution in [0.2, 0.25) is 0 Å². The Bertz CT molecular complexity index is 865. The van der Waals surface area contributed by atoms with Gasteiger partial charge in [-0.3, -0.25) is 4.79 Å². The number of unbranched alkanes of at least 4 members (excludes halogenated alkanes) is 2. The lowest BCUT2D eigenvalue weighted by molar-refractivity contribution is -0.126. The first-order valence-electron chi connectivity index (χ1n) is 10.6. The van der Waals surface area contributed by atoms with Crippen LogP contribution < -0.4 is 10.1 Å². The first-order chi connectivity index (χ1) is 15.1. The van der Waals surface area contributed by atoms with E-state index in [2.05, 4.69) is 10.3 Å². The zero-order chi connectivity index (χ0) is 23.6. The molecule has 2 amide bonds. The van der Waals surface area contributed by atoms with Crippen molar-refractivity contribution in [2.24, 2.45) is 0 Å². The number of carbonyl (C=O) groups excluding carboxylic acids is 2. The van der Waals surface area contributed by atoms with E-state index in [-0.39, 0.29) is 30.5 Å². The average Bonchev–Trinajstić information content (AvgIpc) is 3.17. The lowest BCUT2D eigenvalue weighted by Gasteiger charge is -2.30. The normalized spacial score (nSPS) is 11.3. The quantitative estimate of drug-likeness (QED) is 0.492. The highest BCUT2D eigenvalue weighted by Crippen LogP contribution is 2.21. The number of hydrogen-bond acceptors (Lipinski definition) is 6. The third-order valence-corrected chi connectivity index (χ3v) is 5.60. The maximum Gasteiger partial charge on any atom is 0.417 e. The molecule has 1 aromatic heterocycles. The molecule has 0 spiro atoms. The van der Waals surface area contributed by atoms with Crippen LogP contribution in [0.5, 0.6) is 5.19 Å². The van der Waals surface area contributed by atoms with E-state index in [1.54, 1.807) is 19.2 Å². The lowest BCUT2D eigenvalue weighted by Crippen LogP contribution is -2.44. The number of amides is 2. The van der Waals surface area contributed by atoms with Gasteiger partial charge in [-0.2, -0.15) is 0 Å². The van der Waals surface area contributed by atoms with Crippen molar-refractivity contribution in [3.05, 3.63) is 46.7 Å². The predicted molar refractivity (Wildman–Crippen MR) is 122 cm³/mol. The number of nitrogens with one attached hydrogen (secondary N) is 1. The predicted octanol–water partition coefficient (Wildman–Crippen LogP) is 4.56. The van der Waals surface area contributed by atoms with E-state index in [1.165, 1.54) is 28.4 Å². The summed E-state index contributed by atoms with van der Waals surface area (Å²) in [7, 11) is 1.70. The number of aryl methyl sites for hydroxylation is 1. The van der Waals surface area contributed by atoms with Gasteiger partial charge in [-0.25, -0.2) is 14.2 Å². The Morgan fingerprint density at radius 1 is 1.16 bits per heavy atom. The Morgan fingerprint density at radius 2 is 1.88 bits per heavy atom. The fraction of sp³-hybridized carbons (Fsp3) is 0.522. The van der Waals surface area contributed by atoms with Crippen molar-refractivity contribution >= 4 is 23.3 Å². The number of thiazole rings is 1. The fourth-order valence-corrected chi connectivity index (χ4v) is 3.29. The van der Waals surface area contributed by atoms with Crippen molar-refractivity contribution in [3.63, 3.8) is 0 Å². The smallest absolute Gasteiger partial charge is 0.381 e. The monoisotopic (exact) mass is 465 g/mol. The molecule has 1 aromatic carbocycles. The highest BCUT2D eigenvalue weighted by atomic mass is 32.1. The van der Waals surface area contributed by atoms with E-state index in [1.807, 2.05) is 26.2 Å². The van der Waals surface area contributed by atoms with E-state index in [9.17, 15) is 14.0 Å². The van der Waals surface area contributed by atoms with Gasteiger partial charge in [0.05, 0.1) is 12.3 Å². The summed E-state index contributed by atoms with van der Waals surface area (Å²) in [6.07, 6.45) is 3.09. The third-order valence-electron chi connectivity index (χ3n) is 4.83. The molecule has 2 aromatic rings. The second-order valence-electron chi connectivity index (χ2n) is 8.48. The summed E-state index contributed by atoms with van der Waals surface area (Å²) in [6, 6.07) is 5.99. The van der Waals surface area contributed by atoms with Gasteiger partial charge in [-0.1, -0.05) is 29.9 Å². The van der Waals surface area contributed by atoms with Gasteiger partial charge >= 0.3 is 6.09 Å². The molecule has 0 aliphatic carbocycles. The molecular weight excluding hydrogens is 433 g/mol. The van der Waals surface area contributed by atoms with Gasteiger partial charge in [0.15, 0.2) is 0 Å². The number of halogens is 1. The van der Waals surface area contributed by atoms with Crippen LogP contribution in [0.3, 0.4) is 0 Å². The molecule has 0 bridgehead atoms. The van der Waals surface area contributed by atoms with Crippen LogP contribution in [0.25, 0.3) is 0 Å². The van der Waals surface area contributed by atoms with Crippen molar-refractivity contribution < 1.29 is 23.5 Å². The lowest BCUT2D eigenvalue weighted by atomic mass is 10.1. The summed E-state index contributed by atoms with van der Waals surface area (Å²) in [6.45, 7) is 6.63. The summed E-state index contributed by atoms with van der Waals surface area (Å²) in [5.41, 5.74) is 1.40. The van der Waals surface area contributed by atoms with Gasteiger partial charge < -0.3 is 19.7 Å². The first-order valence-corrected chi connectivity index (χ1v) is 11.5. The molecular formula is C23H32FN3O4S. The number of ether oxygens (including phenoxy) is 2. The van der Waals surface area contributed by atoms with Crippen molar-refractivity contribution in [1.29, 1.82) is 0 Å². The van der Waals surface area contributed by atoms with E-state index in [0.29, 0.717) is 11.7 Å². The van der Waals surface area contributed by atoms with Gasteiger partial charge in [0, 0.05) is 24.5 Å². The second-order valence-corrected chi connectivity index (χ2v) is 9.30. The van der Waals surface area contributed by atoms with Crippen LogP contribution in [0.15, 0.2) is 29.6 Å². The summed E-state index contributed by atoms with van der Waals surface area (Å²) >= 11 is 1.31. The molecule has 2 rings (SSSR count). The molecule has 0 atom stereocenters. The molecule has 0 aliphatic rings.